The molecule has 1 heterocycles. The quantitative estimate of drug-likeness (QED) is 0.629. The van der Waals surface area contributed by atoms with Crippen molar-refractivity contribution in [3.63, 3.8) is 0 Å². The van der Waals surface area contributed by atoms with E-state index in [1.54, 1.807) is 43.6 Å². The Bertz CT molecular complexity index is 927. The van der Waals surface area contributed by atoms with Crippen LogP contribution < -0.4 is 5.32 Å². The van der Waals surface area contributed by atoms with Gasteiger partial charge in [-0.3, -0.25) is 9.78 Å². The maximum atomic E-state index is 13.2. The minimum Gasteiger partial charge on any atom is -0.462 e. The van der Waals surface area contributed by atoms with Crippen molar-refractivity contribution in [2.75, 3.05) is 11.9 Å². The number of ether oxygens (including phenoxy) is 1. The van der Waals surface area contributed by atoms with Crippen molar-refractivity contribution in [3.8, 4) is 0 Å². The first-order chi connectivity index (χ1) is 13.7. The van der Waals surface area contributed by atoms with Crippen LogP contribution >= 0.6 is 0 Å². The average Bonchev–Trinajstić information content (AvgIpc) is 2.74. The predicted octanol–water partition coefficient (Wildman–Crippen LogP) is 4.22. The molecule has 0 fully saturated rings. The van der Waals surface area contributed by atoms with Gasteiger partial charge >= 0.3 is 5.97 Å². The first-order valence-electron chi connectivity index (χ1n) is 9.20. The van der Waals surface area contributed by atoms with Gasteiger partial charge in [0.1, 0.15) is 0 Å². The van der Waals surface area contributed by atoms with Crippen LogP contribution in [0.1, 0.15) is 34.3 Å². The van der Waals surface area contributed by atoms with Gasteiger partial charge in [0.05, 0.1) is 23.8 Å². The number of carbonyl (C=O) groups excluding carboxylic acids is 2. The van der Waals surface area contributed by atoms with Crippen LogP contribution in [0.4, 0.5) is 5.69 Å². The Morgan fingerprint density at radius 2 is 1.64 bits per heavy atom. The lowest BCUT2D eigenvalue weighted by molar-refractivity contribution is -0.117. The molecule has 5 heteroatoms. The number of pyridine rings is 1. The lowest BCUT2D eigenvalue weighted by Crippen LogP contribution is -2.24. The summed E-state index contributed by atoms with van der Waals surface area (Å²) in [6.07, 6.45) is 3.95. The van der Waals surface area contributed by atoms with Gasteiger partial charge < -0.3 is 10.1 Å². The molecule has 1 amide bonds. The smallest absolute Gasteiger partial charge is 0.340 e. The number of aromatic nitrogens is 1. The summed E-state index contributed by atoms with van der Waals surface area (Å²) in [7, 11) is 0. The number of amides is 1. The molecule has 3 aromatic rings. The van der Waals surface area contributed by atoms with E-state index in [1.807, 2.05) is 42.5 Å². The number of esters is 1. The Balaban J connectivity index is 1.87. The largest absolute Gasteiger partial charge is 0.462 e. The normalized spacial score (nSPS) is 11.5. The van der Waals surface area contributed by atoms with E-state index in [9.17, 15) is 9.59 Å². The molecule has 0 aliphatic heterocycles. The van der Waals surface area contributed by atoms with E-state index in [-0.39, 0.29) is 12.5 Å². The number of nitrogens with one attached hydrogen (secondary N) is 1. The SMILES string of the molecule is CCOC(=O)c1ccccc1NC(=O)C(Cc1ccncc1)c1ccccc1. The van der Waals surface area contributed by atoms with Crippen LogP contribution in [0.2, 0.25) is 0 Å². The van der Waals surface area contributed by atoms with Crippen molar-refractivity contribution in [2.24, 2.45) is 0 Å². The molecule has 0 spiro atoms. The van der Waals surface area contributed by atoms with Crippen molar-refractivity contribution in [1.82, 2.24) is 4.98 Å². The van der Waals surface area contributed by atoms with Crippen LogP contribution in [0.3, 0.4) is 0 Å². The minimum absolute atomic E-state index is 0.181. The molecule has 2 aromatic carbocycles. The number of hydrogen-bond acceptors (Lipinski definition) is 4. The molecular weight excluding hydrogens is 352 g/mol. The molecule has 5 nitrogen and oxygen atoms in total. The molecule has 142 valence electrons. The Morgan fingerprint density at radius 1 is 0.964 bits per heavy atom. The van der Waals surface area contributed by atoms with Crippen molar-refractivity contribution in [2.45, 2.75) is 19.3 Å². The van der Waals surface area contributed by atoms with E-state index in [2.05, 4.69) is 10.3 Å². The van der Waals surface area contributed by atoms with Crippen molar-refractivity contribution in [1.29, 1.82) is 0 Å². The highest BCUT2D eigenvalue weighted by molar-refractivity contribution is 6.03. The van der Waals surface area contributed by atoms with Crippen molar-refractivity contribution >= 4 is 17.6 Å². The minimum atomic E-state index is -0.455. The predicted molar refractivity (Wildman–Crippen MR) is 108 cm³/mol. The van der Waals surface area contributed by atoms with Crippen LogP contribution in [0.25, 0.3) is 0 Å². The highest BCUT2D eigenvalue weighted by atomic mass is 16.5. The summed E-state index contributed by atoms with van der Waals surface area (Å²) in [5.41, 5.74) is 2.71. The van der Waals surface area contributed by atoms with Gasteiger partial charge in [0, 0.05) is 12.4 Å². The fourth-order valence-corrected chi connectivity index (χ4v) is 3.00. The Kier molecular flexibility index (Phi) is 6.52. The first kappa shape index (κ1) is 19.3. The maximum absolute atomic E-state index is 13.2. The van der Waals surface area contributed by atoms with Crippen LogP contribution in [0, 0.1) is 0 Å². The number of rotatable bonds is 7. The molecule has 1 unspecified atom stereocenters. The van der Waals surface area contributed by atoms with Crippen LogP contribution in [-0.2, 0) is 16.0 Å². The van der Waals surface area contributed by atoms with Crippen LogP contribution in [0.5, 0.6) is 0 Å². The Labute approximate surface area is 164 Å². The Morgan fingerprint density at radius 3 is 2.36 bits per heavy atom. The summed E-state index contributed by atoms with van der Waals surface area (Å²) in [4.78, 5) is 29.4. The molecule has 0 aliphatic rings. The number of benzene rings is 2. The van der Waals surface area contributed by atoms with E-state index < -0.39 is 11.9 Å². The first-order valence-corrected chi connectivity index (χ1v) is 9.20. The summed E-state index contributed by atoms with van der Waals surface area (Å²) in [5, 5.41) is 2.91. The third kappa shape index (κ3) is 4.82. The second-order valence-electron chi connectivity index (χ2n) is 6.28. The second-order valence-corrected chi connectivity index (χ2v) is 6.28. The van der Waals surface area contributed by atoms with E-state index in [0.29, 0.717) is 17.7 Å². The van der Waals surface area contributed by atoms with Gasteiger partial charge in [-0.05, 0) is 48.7 Å². The van der Waals surface area contributed by atoms with E-state index >= 15 is 0 Å². The Hall–Kier alpha value is -3.47. The number of carbonyl (C=O) groups is 2. The van der Waals surface area contributed by atoms with E-state index in [0.717, 1.165) is 11.1 Å². The molecule has 1 atom stereocenters. The lowest BCUT2D eigenvalue weighted by atomic mass is 9.91. The topological polar surface area (TPSA) is 68.3 Å². The van der Waals surface area contributed by atoms with E-state index in [1.165, 1.54) is 0 Å². The van der Waals surface area contributed by atoms with Gasteiger partial charge in [-0.15, -0.1) is 0 Å². The zero-order chi connectivity index (χ0) is 19.8. The van der Waals surface area contributed by atoms with Crippen LogP contribution in [-0.4, -0.2) is 23.5 Å². The molecule has 0 bridgehead atoms. The third-order valence-corrected chi connectivity index (χ3v) is 4.39. The third-order valence-electron chi connectivity index (χ3n) is 4.39. The van der Waals surface area contributed by atoms with Gasteiger partial charge in [0.25, 0.3) is 0 Å². The average molecular weight is 374 g/mol. The number of anilines is 1. The highest BCUT2D eigenvalue weighted by Gasteiger charge is 2.23. The fourth-order valence-electron chi connectivity index (χ4n) is 3.00. The van der Waals surface area contributed by atoms with Crippen molar-refractivity contribution < 1.29 is 14.3 Å². The molecule has 0 aliphatic carbocycles. The summed E-state index contributed by atoms with van der Waals surface area (Å²) < 4.78 is 5.09. The molecule has 1 aromatic heterocycles. The number of para-hydroxylation sites is 1. The standard InChI is InChI=1S/C23H22N2O3/c1-2-28-23(27)19-10-6-7-11-21(19)25-22(26)20(18-8-4-3-5-9-18)16-17-12-14-24-15-13-17/h3-15,20H,2,16H2,1H3,(H,25,26). The second kappa shape index (κ2) is 9.46. The highest BCUT2D eigenvalue weighted by Crippen LogP contribution is 2.24. The summed E-state index contributed by atoms with van der Waals surface area (Å²) in [5.74, 6) is -1.04. The van der Waals surface area contributed by atoms with Gasteiger partial charge in [-0.25, -0.2) is 4.79 Å². The van der Waals surface area contributed by atoms with Crippen LogP contribution in [0.15, 0.2) is 79.1 Å². The van der Waals surface area contributed by atoms with Gasteiger partial charge in [0.2, 0.25) is 5.91 Å². The molecule has 0 radical (unpaired) electrons. The van der Waals surface area contributed by atoms with Gasteiger partial charge in [-0.2, -0.15) is 0 Å². The van der Waals surface area contributed by atoms with Gasteiger partial charge in [0.15, 0.2) is 0 Å². The monoisotopic (exact) mass is 374 g/mol. The number of nitrogens with zero attached hydrogens (tertiary/aromatic N) is 1. The molecular formula is C23H22N2O3. The summed E-state index contributed by atoms with van der Waals surface area (Å²) >= 11 is 0. The zero-order valence-electron chi connectivity index (χ0n) is 15.7. The fraction of sp³-hybridized carbons (Fsp3) is 0.174. The lowest BCUT2D eigenvalue weighted by Gasteiger charge is -2.18. The van der Waals surface area contributed by atoms with E-state index in [4.69, 9.17) is 4.74 Å². The molecule has 3 rings (SSSR count). The molecule has 1 N–H and O–H groups in total. The summed E-state index contributed by atoms with van der Waals surface area (Å²) in [6, 6.07) is 20.3. The van der Waals surface area contributed by atoms with Crippen molar-refractivity contribution in [3.05, 3.63) is 95.8 Å². The number of hydrogen-bond donors (Lipinski definition) is 1. The van der Waals surface area contributed by atoms with Gasteiger partial charge in [-0.1, -0.05) is 42.5 Å². The molecule has 28 heavy (non-hydrogen) atoms. The maximum Gasteiger partial charge on any atom is 0.340 e. The summed E-state index contributed by atoms with van der Waals surface area (Å²) in [6.45, 7) is 2.02. The zero-order valence-corrected chi connectivity index (χ0v) is 15.7. The molecule has 0 saturated heterocycles. The molecule has 0 saturated carbocycles.